The van der Waals surface area contributed by atoms with Gasteiger partial charge in [-0.05, 0) is 13.3 Å². The van der Waals surface area contributed by atoms with Crippen molar-refractivity contribution in [3.8, 4) is 5.75 Å². The highest BCUT2D eigenvalue weighted by Crippen LogP contribution is 2.27. The Morgan fingerprint density at radius 3 is 2.76 bits per heavy atom. The molecule has 0 saturated carbocycles. The molecule has 0 spiro atoms. The topological polar surface area (TPSA) is 53.1 Å². The van der Waals surface area contributed by atoms with E-state index in [-0.39, 0.29) is 6.04 Å². The molecule has 0 bridgehead atoms. The number of methoxy groups -OCH3 is 1. The fourth-order valence-electron chi connectivity index (χ4n) is 1.63. The summed E-state index contributed by atoms with van der Waals surface area (Å²) in [7, 11) is 1.66. The van der Waals surface area contributed by atoms with E-state index in [4.69, 9.17) is 10.5 Å². The zero-order valence-corrected chi connectivity index (χ0v) is 12.0. The maximum Gasteiger partial charge on any atom is 0.161 e. The highest BCUT2D eigenvalue weighted by molar-refractivity contribution is 7.99. The molecule has 0 aliphatic carbocycles. The van der Waals surface area contributed by atoms with Crippen molar-refractivity contribution in [1.29, 1.82) is 0 Å². The highest BCUT2D eigenvalue weighted by Gasteiger charge is 2.18. The Morgan fingerprint density at radius 2 is 2.24 bits per heavy atom. The van der Waals surface area contributed by atoms with E-state index in [0.717, 1.165) is 23.7 Å². The smallest absolute Gasteiger partial charge is 0.161 e. The predicted molar refractivity (Wildman–Crippen MR) is 73.6 cm³/mol. The zero-order chi connectivity index (χ0) is 12.8. The van der Waals surface area contributed by atoms with E-state index in [9.17, 15) is 0 Å². The van der Waals surface area contributed by atoms with Crippen LogP contribution in [0, 0.1) is 0 Å². The van der Waals surface area contributed by atoms with Crippen molar-refractivity contribution in [2.45, 2.75) is 45.0 Å². The maximum absolute atomic E-state index is 6.23. The molecule has 0 aliphatic heterocycles. The van der Waals surface area contributed by atoms with E-state index in [1.54, 1.807) is 13.3 Å². The third kappa shape index (κ3) is 3.64. The van der Waals surface area contributed by atoms with Gasteiger partial charge in [0.25, 0.3) is 0 Å². The Hall–Kier alpha value is -0.680. The number of nitrogens with two attached hydrogens (primary N) is 1. The van der Waals surface area contributed by atoms with Crippen molar-refractivity contribution in [2.75, 3.05) is 12.9 Å². The third-order valence-electron chi connectivity index (χ3n) is 2.85. The second-order valence-electron chi connectivity index (χ2n) is 4.07. The van der Waals surface area contributed by atoms with E-state index in [1.807, 2.05) is 16.4 Å². The molecule has 2 atom stereocenters. The molecule has 1 aromatic heterocycles. The molecule has 4 nitrogen and oxygen atoms in total. The van der Waals surface area contributed by atoms with Crippen LogP contribution in [0.2, 0.25) is 0 Å². The molecule has 0 aliphatic rings. The number of thioether (sulfide) groups is 1. The Kier molecular flexibility index (Phi) is 5.85. The van der Waals surface area contributed by atoms with Crippen LogP contribution in [0.15, 0.2) is 6.20 Å². The van der Waals surface area contributed by atoms with Crippen LogP contribution in [0.5, 0.6) is 5.75 Å². The van der Waals surface area contributed by atoms with Crippen LogP contribution in [-0.2, 0) is 6.54 Å². The molecule has 1 heterocycles. The van der Waals surface area contributed by atoms with Gasteiger partial charge in [-0.15, -0.1) is 0 Å². The first-order chi connectivity index (χ1) is 8.13. The van der Waals surface area contributed by atoms with Crippen LogP contribution in [-0.4, -0.2) is 27.9 Å². The molecule has 17 heavy (non-hydrogen) atoms. The Morgan fingerprint density at radius 1 is 1.53 bits per heavy atom. The molecular weight excluding hydrogens is 234 g/mol. The van der Waals surface area contributed by atoms with Gasteiger partial charge in [-0.3, -0.25) is 4.68 Å². The van der Waals surface area contributed by atoms with Gasteiger partial charge in [-0.1, -0.05) is 13.8 Å². The van der Waals surface area contributed by atoms with Crippen molar-refractivity contribution in [3.05, 3.63) is 11.9 Å². The Bertz CT molecular complexity index is 319. The molecular formula is C12H23N3OS. The molecule has 2 N–H and O–H groups in total. The summed E-state index contributed by atoms with van der Waals surface area (Å²) >= 11 is 1.90. The number of rotatable bonds is 7. The average Bonchev–Trinajstić information content (AvgIpc) is 2.78. The normalized spacial score (nSPS) is 14.6. The Labute approximate surface area is 108 Å². The van der Waals surface area contributed by atoms with Gasteiger partial charge < -0.3 is 10.5 Å². The summed E-state index contributed by atoms with van der Waals surface area (Å²) in [5.41, 5.74) is 7.24. The maximum atomic E-state index is 6.23. The van der Waals surface area contributed by atoms with E-state index in [2.05, 4.69) is 25.9 Å². The second-order valence-corrected chi connectivity index (χ2v) is 5.54. The summed E-state index contributed by atoms with van der Waals surface area (Å²) in [6.45, 7) is 7.30. The SMILES string of the molecule is CCC(C)SCC(N)c1c(OC)cnn1CC. The number of ether oxygens (including phenoxy) is 1. The van der Waals surface area contributed by atoms with Gasteiger partial charge in [0.1, 0.15) is 0 Å². The van der Waals surface area contributed by atoms with Crippen LogP contribution >= 0.6 is 11.8 Å². The fourth-order valence-corrected chi connectivity index (χ4v) is 2.56. The molecule has 5 heteroatoms. The first-order valence-electron chi connectivity index (χ1n) is 6.10. The molecule has 0 fully saturated rings. The number of aromatic nitrogens is 2. The molecule has 0 radical (unpaired) electrons. The molecule has 1 aromatic rings. The summed E-state index contributed by atoms with van der Waals surface area (Å²) in [5, 5.41) is 4.92. The first-order valence-corrected chi connectivity index (χ1v) is 7.15. The lowest BCUT2D eigenvalue weighted by Gasteiger charge is -2.16. The average molecular weight is 257 g/mol. The lowest BCUT2D eigenvalue weighted by atomic mass is 10.2. The fraction of sp³-hybridized carbons (Fsp3) is 0.750. The van der Waals surface area contributed by atoms with E-state index >= 15 is 0 Å². The lowest BCUT2D eigenvalue weighted by molar-refractivity contribution is 0.403. The van der Waals surface area contributed by atoms with Gasteiger partial charge in [0.05, 0.1) is 25.0 Å². The van der Waals surface area contributed by atoms with Crippen molar-refractivity contribution in [1.82, 2.24) is 9.78 Å². The van der Waals surface area contributed by atoms with Gasteiger partial charge >= 0.3 is 0 Å². The van der Waals surface area contributed by atoms with Gasteiger partial charge in [-0.2, -0.15) is 16.9 Å². The van der Waals surface area contributed by atoms with Crippen LogP contribution in [0.25, 0.3) is 0 Å². The molecule has 1 rings (SSSR count). The monoisotopic (exact) mass is 257 g/mol. The summed E-state index contributed by atoms with van der Waals surface area (Å²) in [6, 6.07) is -0.0219. The summed E-state index contributed by atoms with van der Waals surface area (Å²) in [4.78, 5) is 0. The predicted octanol–water partition coefficient (Wildman–Crippen LogP) is 2.44. The van der Waals surface area contributed by atoms with Gasteiger partial charge in [-0.25, -0.2) is 0 Å². The minimum Gasteiger partial charge on any atom is -0.493 e. The highest BCUT2D eigenvalue weighted by atomic mass is 32.2. The molecule has 0 amide bonds. The van der Waals surface area contributed by atoms with Crippen molar-refractivity contribution < 1.29 is 4.74 Å². The zero-order valence-electron chi connectivity index (χ0n) is 11.1. The van der Waals surface area contributed by atoms with Crippen molar-refractivity contribution in [2.24, 2.45) is 5.73 Å². The standard InChI is InChI=1S/C12H23N3OS/c1-5-9(3)17-8-10(13)12-11(16-4)7-14-15(12)6-2/h7,9-10H,5-6,8,13H2,1-4H3. The minimum absolute atomic E-state index is 0.0219. The van der Waals surface area contributed by atoms with Crippen LogP contribution in [0.4, 0.5) is 0 Å². The number of hydrogen-bond acceptors (Lipinski definition) is 4. The number of nitrogens with zero attached hydrogens (tertiary/aromatic N) is 2. The number of hydrogen-bond donors (Lipinski definition) is 1. The van der Waals surface area contributed by atoms with Crippen molar-refractivity contribution >= 4 is 11.8 Å². The summed E-state index contributed by atoms with van der Waals surface area (Å²) in [5.74, 6) is 1.70. The van der Waals surface area contributed by atoms with Gasteiger partial charge in [0, 0.05) is 17.5 Å². The Balaban J connectivity index is 2.72. The van der Waals surface area contributed by atoms with Crippen LogP contribution in [0.3, 0.4) is 0 Å². The van der Waals surface area contributed by atoms with Gasteiger partial charge in [0.2, 0.25) is 0 Å². The van der Waals surface area contributed by atoms with Crippen LogP contribution in [0.1, 0.15) is 38.9 Å². The molecule has 0 aromatic carbocycles. The molecule has 98 valence electrons. The van der Waals surface area contributed by atoms with E-state index in [1.165, 1.54) is 6.42 Å². The van der Waals surface area contributed by atoms with E-state index < -0.39 is 0 Å². The van der Waals surface area contributed by atoms with Crippen LogP contribution < -0.4 is 10.5 Å². The molecule has 2 unspecified atom stereocenters. The van der Waals surface area contributed by atoms with Gasteiger partial charge in [0.15, 0.2) is 5.75 Å². The quantitative estimate of drug-likeness (QED) is 0.815. The largest absolute Gasteiger partial charge is 0.493 e. The summed E-state index contributed by atoms with van der Waals surface area (Å²) < 4.78 is 7.23. The number of aryl methyl sites for hydroxylation is 1. The minimum atomic E-state index is -0.0219. The lowest BCUT2D eigenvalue weighted by Crippen LogP contribution is -2.20. The van der Waals surface area contributed by atoms with E-state index in [0.29, 0.717) is 5.25 Å². The molecule has 0 saturated heterocycles. The van der Waals surface area contributed by atoms with Crippen molar-refractivity contribution in [3.63, 3.8) is 0 Å². The third-order valence-corrected chi connectivity index (χ3v) is 4.30. The summed E-state index contributed by atoms with van der Waals surface area (Å²) in [6.07, 6.45) is 2.91. The second kappa shape index (κ2) is 6.91. The first kappa shape index (κ1) is 14.4.